The number of anilines is 2. The molecule has 1 saturated heterocycles. The zero-order chi connectivity index (χ0) is 20.3. The van der Waals surface area contributed by atoms with E-state index in [9.17, 15) is 9.59 Å². The van der Waals surface area contributed by atoms with Crippen molar-refractivity contribution in [2.75, 3.05) is 43.5 Å². The van der Waals surface area contributed by atoms with Crippen molar-refractivity contribution >= 4 is 17.3 Å². The van der Waals surface area contributed by atoms with Crippen LogP contribution in [0.4, 0.5) is 11.4 Å². The molecule has 0 aliphatic carbocycles. The lowest BCUT2D eigenvalue weighted by Crippen LogP contribution is -2.56. The summed E-state index contributed by atoms with van der Waals surface area (Å²) in [4.78, 5) is 31.7. The molecule has 2 aliphatic rings. The molecule has 1 fully saturated rings. The number of nitrogens with zero attached hydrogens (tertiary/aromatic N) is 2. The van der Waals surface area contributed by atoms with E-state index < -0.39 is 11.5 Å². The minimum Gasteiger partial charge on any atom is -0.489 e. The number of nitrogens with one attached hydrogen (secondary N) is 2. The Balaban J connectivity index is 0.00000109. The van der Waals surface area contributed by atoms with Gasteiger partial charge in [-0.1, -0.05) is 13.8 Å². The molecule has 1 unspecified atom stereocenters. The molecule has 1 aromatic carbocycles. The quantitative estimate of drug-likeness (QED) is 0.832. The minimum atomic E-state index is -0.419. The normalized spacial score (nSPS) is 18.1. The van der Waals surface area contributed by atoms with Gasteiger partial charge in [-0.3, -0.25) is 9.59 Å². The van der Waals surface area contributed by atoms with Crippen LogP contribution >= 0.6 is 0 Å². The number of ether oxygens (including phenoxy) is 1. The molecule has 0 saturated carbocycles. The standard InChI is InChI=1S/C19H22N4O3.C2H6/c1-12-5-6-20-18(24)17(12)19(25)21-13-3-4-15-16(9-13)26-11-14-10-22(2)7-8-23(14)15;1-2/h3-6,9,14H,7-8,10-11H2,1-2H3,(H,20,24)(H,21,25);1-2H3. The Morgan fingerprint density at radius 1 is 1.25 bits per heavy atom. The molecule has 150 valence electrons. The Hall–Kier alpha value is -2.80. The number of amides is 1. The van der Waals surface area contributed by atoms with E-state index in [0.717, 1.165) is 31.1 Å². The first-order chi connectivity index (χ1) is 13.5. The second-order valence-corrected chi connectivity index (χ2v) is 6.92. The van der Waals surface area contributed by atoms with Crippen molar-refractivity contribution < 1.29 is 9.53 Å². The Morgan fingerprint density at radius 2 is 2.04 bits per heavy atom. The number of rotatable bonds is 2. The van der Waals surface area contributed by atoms with Crippen LogP contribution in [-0.2, 0) is 0 Å². The number of aromatic amines is 1. The highest BCUT2D eigenvalue weighted by molar-refractivity contribution is 6.05. The molecule has 2 aliphatic heterocycles. The van der Waals surface area contributed by atoms with Crippen LogP contribution in [0.25, 0.3) is 0 Å². The first-order valence-electron chi connectivity index (χ1n) is 9.74. The summed E-state index contributed by atoms with van der Waals surface area (Å²) in [5.74, 6) is 0.347. The van der Waals surface area contributed by atoms with E-state index in [2.05, 4.69) is 27.1 Å². The van der Waals surface area contributed by atoms with Gasteiger partial charge in [0.15, 0.2) is 0 Å². The lowest BCUT2D eigenvalue weighted by atomic mass is 10.1. The van der Waals surface area contributed by atoms with Crippen LogP contribution < -0.4 is 20.5 Å². The number of aryl methyl sites for hydroxylation is 1. The van der Waals surface area contributed by atoms with Crippen molar-refractivity contribution in [2.45, 2.75) is 26.8 Å². The smallest absolute Gasteiger partial charge is 0.261 e. The predicted octanol–water partition coefficient (Wildman–Crippen LogP) is 2.47. The molecular formula is C21H28N4O3. The van der Waals surface area contributed by atoms with E-state index >= 15 is 0 Å². The maximum Gasteiger partial charge on any atom is 0.261 e. The summed E-state index contributed by atoms with van der Waals surface area (Å²) in [5, 5.41) is 2.80. The number of benzene rings is 1. The lowest BCUT2D eigenvalue weighted by Gasteiger charge is -2.44. The number of carbonyl (C=O) groups excluding carboxylic acids is 1. The molecule has 7 nitrogen and oxygen atoms in total. The lowest BCUT2D eigenvalue weighted by molar-refractivity contribution is 0.102. The summed E-state index contributed by atoms with van der Waals surface area (Å²) in [7, 11) is 2.12. The van der Waals surface area contributed by atoms with Crippen LogP contribution in [0.1, 0.15) is 29.8 Å². The van der Waals surface area contributed by atoms with E-state index in [1.54, 1.807) is 13.0 Å². The number of hydrogen-bond acceptors (Lipinski definition) is 5. The van der Waals surface area contributed by atoms with E-state index in [1.165, 1.54) is 6.20 Å². The number of fused-ring (bicyclic) bond motifs is 3. The Labute approximate surface area is 165 Å². The van der Waals surface area contributed by atoms with Crippen LogP contribution in [-0.4, -0.2) is 55.1 Å². The van der Waals surface area contributed by atoms with Crippen molar-refractivity contribution in [2.24, 2.45) is 0 Å². The van der Waals surface area contributed by atoms with Crippen molar-refractivity contribution in [1.82, 2.24) is 9.88 Å². The summed E-state index contributed by atoms with van der Waals surface area (Å²) in [6, 6.07) is 7.72. The van der Waals surface area contributed by atoms with Crippen LogP contribution in [0.2, 0.25) is 0 Å². The Bertz CT molecular complexity index is 909. The van der Waals surface area contributed by atoms with Gasteiger partial charge in [0.1, 0.15) is 17.9 Å². The highest BCUT2D eigenvalue weighted by Gasteiger charge is 2.31. The molecule has 0 radical (unpaired) electrons. The van der Waals surface area contributed by atoms with Gasteiger partial charge >= 0.3 is 0 Å². The molecule has 0 bridgehead atoms. The van der Waals surface area contributed by atoms with Crippen molar-refractivity contribution in [3.8, 4) is 5.75 Å². The third kappa shape index (κ3) is 3.89. The molecular weight excluding hydrogens is 356 g/mol. The van der Waals surface area contributed by atoms with Gasteiger partial charge in [0.25, 0.3) is 11.5 Å². The fourth-order valence-electron chi connectivity index (χ4n) is 3.65. The minimum absolute atomic E-state index is 0.130. The number of H-pyrrole nitrogens is 1. The van der Waals surface area contributed by atoms with Gasteiger partial charge in [-0.2, -0.15) is 0 Å². The zero-order valence-corrected chi connectivity index (χ0v) is 16.9. The first-order valence-corrected chi connectivity index (χ1v) is 9.74. The third-order valence-corrected chi connectivity index (χ3v) is 5.04. The van der Waals surface area contributed by atoms with Crippen LogP contribution in [0.5, 0.6) is 5.75 Å². The SMILES string of the molecule is CC.Cc1cc[nH]c(=O)c1C(=O)Nc1ccc2c(c1)OCC1CN(C)CCN21. The molecule has 4 rings (SSSR count). The maximum absolute atomic E-state index is 12.5. The van der Waals surface area contributed by atoms with E-state index in [4.69, 9.17) is 4.74 Å². The summed E-state index contributed by atoms with van der Waals surface area (Å²) >= 11 is 0. The van der Waals surface area contributed by atoms with Gasteiger partial charge in [-0.25, -0.2) is 0 Å². The number of aromatic nitrogens is 1. The molecule has 2 N–H and O–H groups in total. The van der Waals surface area contributed by atoms with E-state index in [1.807, 2.05) is 32.0 Å². The second kappa shape index (κ2) is 8.48. The molecule has 28 heavy (non-hydrogen) atoms. The number of carbonyl (C=O) groups is 1. The monoisotopic (exact) mass is 384 g/mol. The molecule has 1 aromatic heterocycles. The zero-order valence-electron chi connectivity index (χ0n) is 16.9. The van der Waals surface area contributed by atoms with Crippen LogP contribution in [0.15, 0.2) is 35.3 Å². The number of likely N-dealkylation sites (N-methyl/N-ethyl adjacent to an activating group) is 1. The fourth-order valence-corrected chi connectivity index (χ4v) is 3.65. The van der Waals surface area contributed by atoms with Crippen molar-refractivity contribution in [3.05, 3.63) is 51.9 Å². The second-order valence-electron chi connectivity index (χ2n) is 6.92. The predicted molar refractivity (Wildman–Crippen MR) is 112 cm³/mol. The highest BCUT2D eigenvalue weighted by Crippen LogP contribution is 2.37. The topological polar surface area (TPSA) is 77.7 Å². The van der Waals surface area contributed by atoms with Gasteiger partial charge in [0, 0.05) is 37.6 Å². The first kappa shape index (κ1) is 19.9. The molecule has 0 spiro atoms. The molecule has 3 heterocycles. The van der Waals surface area contributed by atoms with Crippen LogP contribution in [0, 0.1) is 6.92 Å². The summed E-state index contributed by atoms with van der Waals surface area (Å²) in [5.41, 5.74) is 2.05. The molecule has 1 atom stereocenters. The average Bonchev–Trinajstić information content (AvgIpc) is 2.69. The van der Waals surface area contributed by atoms with Crippen molar-refractivity contribution in [1.29, 1.82) is 0 Å². The molecule has 1 amide bonds. The highest BCUT2D eigenvalue weighted by atomic mass is 16.5. The van der Waals surface area contributed by atoms with Gasteiger partial charge in [0.2, 0.25) is 0 Å². The number of pyridine rings is 1. The maximum atomic E-state index is 12.5. The summed E-state index contributed by atoms with van der Waals surface area (Å²) in [6.45, 7) is 9.33. The Morgan fingerprint density at radius 3 is 2.79 bits per heavy atom. The van der Waals surface area contributed by atoms with Gasteiger partial charge < -0.3 is 24.8 Å². The number of hydrogen-bond donors (Lipinski definition) is 2. The summed E-state index contributed by atoms with van der Waals surface area (Å²) < 4.78 is 5.93. The van der Waals surface area contributed by atoms with E-state index in [0.29, 0.717) is 23.9 Å². The van der Waals surface area contributed by atoms with E-state index in [-0.39, 0.29) is 5.56 Å². The van der Waals surface area contributed by atoms with Gasteiger partial charge in [0.05, 0.1) is 11.7 Å². The summed E-state index contributed by atoms with van der Waals surface area (Å²) in [6.07, 6.45) is 1.54. The fraction of sp³-hybridized carbons (Fsp3) is 0.429. The largest absolute Gasteiger partial charge is 0.489 e. The van der Waals surface area contributed by atoms with Gasteiger partial charge in [-0.15, -0.1) is 0 Å². The van der Waals surface area contributed by atoms with Crippen molar-refractivity contribution in [3.63, 3.8) is 0 Å². The number of piperazine rings is 1. The van der Waals surface area contributed by atoms with Crippen LogP contribution in [0.3, 0.4) is 0 Å². The third-order valence-electron chi connectivity index (χ3n) is 5.04. The average molecular weight is 384 g/mol. The van der Waals surface area contributed by atoms with Gasteiger partial charge in [-0.05, 0) is 37.7 Å². The molecule has 2 aromatic rings. The molecule has 7 heteroatoms. The Kier molecular flexibility index (Phi) is 6.04.